The molecule has 0 saturated carbocycles. The molecule has 4 heteroatoms. The quantitative estimate of drug-likeness (QED) is 0.818. The number of benzene rings is 1. The van der Waals surface area contributed by atoms with Crippen molar-refractivity contribution in [3.8, 4) is 0 Å². The highest BCUT2D eigenvalue weighted by atomic mass is 15.3. The molecular formula is C13H18N4. The maximum Gasteiger partial charge on any atom is 0.150 e. The third kappa shape index (κ3) is 2.64. The third-order valence-electron chi connectivity index (χ3n) is 2.74. The van der Waals surface area contributed by atoms with Crippen LogP contribution < -0.4 is 5.73 Å². The predicted molar refractivity (Wildman–Crippen MR) is 68.7 cm³/mol. The Bertz CT molecular complexity index is 485. The summed E-state index contributed by atoms with van der Waals surface area (Å²) >= 11 is 0. The molecule has 0 bridgehead atoms. The first-order valence-corrected chi connectivity index (χ1v) is 6.00. The Labute approximate surface area is 101 Å². The van der Waals surface area contributed by atoms with E-state index in [2.05, 4.69) is 23.9 Å². The first-order chi connectivity index (χ1) is 8.22. The highest BCUT2D eigenvalue weighted by molar-refractivity contribution is 5.39. The van der Waals surface area contributed by atoms with Crippen LogP contribution in [0.4, 0.5) is 5.69 Å². The second-order valence-electron chi connectivity index (χ2n) is 4.05. The number of anilines is 1. The Kier molecular flexibility index (Phi) is 3.42. The van der Waals surface area contributed by atoms with E-state index in [0.29, 0.717) is 0 Å². The van der Waals surface area contributed by atoms with Gasteiger partial charge < -0.3 is 5.73 Å². The molecule has 2 rings (SSSR count). The molecule has 0 aliphatic carbocycles. The Balaban J connectivity index is 2.22. The van der Waals surface area contributed by atoms with Gasteiger partial charge in [-0.05, 0) is 17.7 Å². The molecule has 0 saturated heterocycles. The molecule has 1 aromatic carbocycles. The lowest BCUT2D eigenvalue weighted by molar-refractivity contribution is 0.637. The number of hydrogen-bond acceptors (Lipinski definition) is 3. The van der Waals surface area contributed by atoms with Gasteiger partial charge in [0.25, 0.3) is 0 Å². The fourth-order valence-corrected chi connectivity index (χ4v) is 1.76. The molecule has 0 radical (unpaired) electrons. The second kappa shape index (κ2) is 4.99. The van der Waals surface area contributed by atoms with Crippen LogP contribution in [-0.2, 0) is 19.4 Å². The van der Waals surface area contributed by atoms with Crippen LogP contribution in [0.3, 0.4) is 0 Å². The van der Waals surface area contributed by atoms with Gasteiger partial charge in [-0.15, -0.1) is 0 Å². The lowest BCUT2D eigenvalue weighted by atomic mass is 10.2. The van der Waals surface area contributed by atoms with Crippen molar-refractivity contribution in [2.45, 2.75) is 33.2 Å². The zero-order chi connectivity index (χ0) is 12.3. The molecule has 0 unspecified atom stereocenters. The van der Waals surface area contributed by atoms with Gasteiger partial charge >= 0.3 is 0 Å². The summed E-state index contributed by atoms with van der Waals surface area (Å²) in [7, 11) is 0. The first-order valence-electron chi connectivity index (χ1n) is 6.00. The number of hydrogen-bond donors (Lipinski definition) is 1. The van der Waals surface area contributed by atoms with Gasteiger partial charge in [0.15, 0.2) is 5.82 Å². The maximum atomic E-state index is 5.67. The maximum absolute atomic E-state index is 5.67. The van der Waals surface area contributed by atoms with Crippen LogP contribution in [0.25, 0.3) is 0 Å². The molecule has 90 valence electrons. The van der Waals surface area contributed by atoms with Crippen LogP contribution in [0.1, 0.15) is 31.1 Å². The summed E-state index contributed by atoms with van der Waals surface area (Å²) in [5.74, 6) is 1.95. The SMILES string of the molecule is CCc1nc(CC)n(Cc2ccc(N)cc2)n1. The van der Waals surface area contributed by atoms with Crippen LogP contribution in [0.15, 0.2) is 24.3 Å². The van der Waals surface area contributed by atoms with E-state index in [1.54, 1.807) is 0 Å². The molecule has 0 aliphatic rings. The Hall–Kier alpha value is -1.84. The molecule has 1 aromatic heterocycles. The van der Waals surface area contributed by atoms with Gasteiger partial charge in [0, 0.05) is 18.5 Å². The minimum absolute atomic E-state index is 0.760. The summed E-state index contributed by atoms with van der Waals surface area (Å²) < 4.78 is 1.98. The van der Waals surface area contributed by atoms with Crippen LogP contribution in [0.5, 0.6) is 0 Å². The number of aryl methyl sites for hydroxylation is 2. The Morgan fingerprint density at radius 1 is 1.12 bits per heavy atom. The molecule has 0 aliphatic heterocycles. The van der Waals surface area contributed by atoms with E-state index in [4.69, 9.17) is 5.73 Å². The lowest BCUT2D eigenvalue weighted by Crippen LogP contribution is -2.06. The number of rotatable bonds is 4. The summed E-state index contributed by atoms with van der Waals surface area (Å²) in [6.07, 6.45) is 1.78. The van der Waals surface area contributed by atoms with Crippen LogP contribution in [0.2, 0.25) is 0 Å². The van der Waals surface area contributed by atoms with E-state index in [-0.39, 0.29) is 0 Å². The van der Waals surface area contributed by atoms with Crippen LogP contribution >= 0.6 is 0 Å². The topological polar surface area (TPSA) is 56.7 Å². The largest absolute Gasteiger partial charge is 0.399 e. The van der Waals surface area contributed by atoms with Crippen molar-refractivity contribution in [2.24, 2.45) is 0 Å². The average molecular weight is 230 g/mol. The van der Waals surface area contributed by atoms with Gasteiger partial charge in [-0.3, -0.25) is 0 Å². The van der Waals surface area contributed by atoms with Crippen molar-refractivity contribution in [1.82, 2.24) is 14.8 Å². The number of nitrogens with two attached hydrogens (primary N) is 1. The normalized spacial score (nSPS) is 10.7. The van der Waals surface area contributed by atoms with Crippen LogP contribution in [0, 0.1) is 0 Å². The summed E-state index contributed by atoms with van der Waals surface area (Å²) in [5.41, 5.74) is 7.65. The zero-order valence-corrected chi connectivity index (χ0v) is 10.3. The van der Waals surface area contributed by atoms with Crippen molar-refractivity contribution in [3.63, 3.8) is 0 Å². The zero-order valence-electron chi connectivity index (χ0n) is 10.3. The summed E-state index contributed by atoms with van der Waals surface area (Å²) in [5, 5.41) is 4.49. The van der Waals surface area contributed by atoms with E-state index >= 15 is 0 Å². The van der Waals surface area contributed by atoms with E-state index < -0.39 is 0 Å². The molecule has 2 aromatic rings. The van der Waals surface area contributed by atoms with Gasteiger partial charge in [-0.2, -0.15) is 5.10 Å². The smallest absolute Gasteiger partial charge is 0.150 e. The van der Waals surface area contributed by atoms with E-state index in [9.17, 15) is 0 Å². The third-order valence-corrected chi connectivity index (χ3v) is 2.74. The summed E-state index contributed by atoms with van der Waals surface area (Å²) in [6, 6.07) is 7.89. The van der Waals surface area contributed by atoms with Crippen molar-refractivity contribution >= 4 is 5.69 Å². The van der Waals surface area contributed by atoms with E-state index in [0.717, 1.165) is 36.7 Å². The average Bonchev–Trinajstić information content (AvgIpc) is 2.74. The molecule has 1 heterocycles. The first kappa shape index (κ1) is 11.6. The molecular weight excluding hydrogens is 212 g/mol. The molecule has 0 spiro atoms. The molecule has 17 heavy (non-hydrogen) atoms. The Morgan fingerprint density at radius 3 is 2.41 bits per heavy atom. The molecule has 0 amide bonds. The summed E-state index contributed by atoms with van der Waals surface area (Å²) in [4.78, 5) is 4.49. The van der Waals surface area contributed by atoms with Crippen molar-refractivity contribution in [3.05, 3.63) is 41.5 Å². The molecule has 2 N–H and O–H groups in total. The van der Waals surface area contributed by atoms with Crippen molar-refractivity contribution < 1.29 is 0 Å². The van der Waals surface area contributed by atoms with Gasteiger partial charge in [0.2, 0.25) is 0 Å². The van der Waals surface area contributed by atoms with Crippen LogP contribution in [-0.4, -0.2) is 14.8 Å². The highest BCUT2D eigenvalue weighted by Gasteiger charge is 2.07. The van der Waals surface area contributed by atoms with Crippen molar-refractivity contribution in [1.29, 1.82) is 0 Å². The minimum Gasteiger partial charge on any atom is -0.399 e. The van der Waals surface area contributed by atoms with E-state index in [1.807, 2.05) is 28.9 Å². The summed E-state index contributed by atoms with van der Waals surface area (Å²) in [6.45, 7) is 4.93. The lowest BCUT2D eigenvalue weighted by Gasteiger charge is -2.04. The van der Waals surface area contributed by atoms with Crippen molar-refractivity contribution in [2.75, 3.05) is 5.73 Å². The fraction of sp³-hybridized carbons (Fsp3) is 0.385. The standard InChI is InChI=1S/C13H18N4/c1-3-12-15-13(4-2)17(16-12)9-10-5-7-11(14)8-6-10/h5-8H,3-4,9,14H2,1-2H3. The molecule has 0 atom stereocenters. The predicted octanol–water partition coefficient (Wildman–Crippen LogP) is 2.03. The minimum atomic E-state index is 0.760. The highest BCUT2D eigenvalue weighted by Crippen LogP contribution is 2.09. The van der Waals surface area contributed by atoms with Gasteiger partial charge in [0.1, 0.15) is 5.82 Å². The number of nitrogen functional groups attached to an aromatic ring is 1. The Morgan fingerprint density at radius 2 is 1.82 bits per heavy atom. The monoisotopic (exact) mass is 230 g/mol. The van der Waals surface area contributed by atoms with Gasteiger partial charge in [-0.1, -0.05) is 26.0 Å². The van der Waals surface area contributed by atoms with Gasteiger partial charge in [0.05, 0.1) is 6.54 Å². The number of aromatic nitrogens is 3. The van der Waals surface area contributed by atoms with Gasteiger partial charge in [-0.25, -0.2) is 9.67 Å². The van der Waals surface area contributed by atoms with E-state index in [1.165, 1.54) is 5.56 Å². The fourth-order valence-electron chi connectivity index (χ4n) is 1.76. The molecule has 0 fully saturated rings. The molecule has 4 nitrogen and oxygen atoms in total. The second-order valence-corrected chi connectivity index (χ2v) is 4.05. The number of nitrogens with zero attached hydrogens (tertiary/aromatic N) is 3.